The van der Waals surface area contributed by atoms with Crippen LogP contribution in [0.4, 0.5) is 10.2 Å². The molecule has 0 atom stereocenters. The second-order valence-electron chi connectivity index (χ2n) is 4.54. The zero-order valence-electron chi connectivity index (χ0n) is 11.9. The van der Waals surface area contributed by atoms with Crippen molar-refractivity contribution < 1.29 is 9.13 Å². The summed E-state index contributed by atoms with van der Waals surface area (Å²) >= 11 is 0. The van der Waals surface area contributed by atoms with E-state index in [9.17, 15) is 4.39 Å². The predicted molar refractivity (Wildman–Crippen MR) is 76.4 cm³/mol. The molecule has 4 nitrogen and oxygen atoms in total. The third-order valence-electron chi connectivity index (χ3n) is 2.77. The molecule has 1 heterocycles. The van der Waals surface area contributed by atoms with E-state index in [1.807, 2.05) is 26.8 Å². The van der Waals surface area contributed by atoms with Gasteiger partial charge in [-0.2, -0.15) is 0 Å². The topological polar surface area (TPSA) is 47.0 Å². The van der Waals surface area contributed by atoms with E-state index in [-0.39, 0.29) is 12.4 Å². The van der Waals surface area contributed by atoms with Gasteiger partial charge in [0.25, 0.3) is 0 Å². The van der Waals surface area contributed by atoms with Crippen LogP contribution in [0.25, 0.3) is 0 Å². The van der Waals surface area contributed by atoms with E-state index >= 15 is 0 Å². The van der Waals surface area contributed by atoms with Gasteiger partial charge in [-0.05, 0) is 32.4 Å². The molecule has 0 aliphatic rings. The molecule has 0 bridgehead atoms. The summed E-state index contributed by atoms with van der Waals surface area (Å²) in [6, 6.07) is 6.34. The number of aromatic nitrogens is 2. The molecule has 1 N–H and O–H groups in total. The zero-order valence-corrected chi connectivity index (χ0v) is 11.9. The maximum Gasteiger partial charge on any atom is 0.168 e. The molecule has 0 aliphatic heterocycles. The van der Waals surface area contributed by atoms with E-state index in [0.717, 1.165) is 23.6 Å². The molecule has 2 aromatic rings. The first kappa shape index (κ1) is 14.2. The van der Waals surface area contributed by atoms with E-state index in [2.05, 4.69) is 15.3 Å². The smallest absolute Gasteiger partial charge is 0.168 e. The lowest BCUT2D eigenvalue weighted by Crippen LogP contribution is -2.07. The van der Waals surface area contributed by atoms with Crippen molar-refractivity contribution >= 4 is 5.82 Å². The van der Waals surface area contributed by atoms with Crippen molar-refractivity contribution in [1.29, 1.82) is 0 Å². The Bertz CT molecular complexity index is 602. The number of aryl methyl sites for hydroxylation is 2. The van der Waals surface area contributed by atoms with Crippen LogP contribution in [0.2, 0.25) is 0 Å². The summed E-state index contributed by atoms with van der Waals surface area (Å²) < 4.78 is 18.8. The fourth-order valence-corrected chi connectivity index (χ4v) is 1.84. The Hall–Kier alpha value is -2.17. The molecule has 0 spiro atoms. The van der Waals surface area contributed by atoms with Crippen LogP contribution in [0.3, 0.4) is 0 Å². The monoisotopic (exact) mass is 275 g/mol. The van der Waals surface area contributed by atoms with Gasteiger partial charge in [0.1, 0.15) is 24.0 Å². The van der Waals surface area contributed by atoms with Gasteiger partial charge in [-0.1, -0.05) is 6.07 Å². The molecule has 0 amide bonds. The molecular formula is C15H18FN3O. The van der Waals surface area contributed by atoms with Crippen LogP contribution in [-0.4, -0.2) is 16.5 Å². The van der Waals surface area contributed by atoms with Gasteiger partial charge in [0.05, 0.1) is 0 Å². The quantitative estimate of drug-likeness (QED) is 0.910. The Morgan fingerprint density at radius 2 is 2.00 bits per heavy atom. The van der Waals surface area contributed by atoms with Gasteiger partial charge in [0, 0.05) is 24.4 Å². The molecule has 0 radical (unpaired) electrons. The van der Waals surface area contributed by atoms with Crippen LogP contribution >= 0.6 is 0 Å². The molecule has 0 aliphatic carbocycles. The van der Waals surface area contributed by atoms with E-state index in [1.54, 1.807) is 6.07 Å². The second kappa shape index (κ2) is 6.32. The van der Waals surface area contributed by atoms with Gasteiger partial charge < -0.3 is 10.1 Å². The van der Waals surface area contributed by atoms with Crippen LogP contribution in [0.15, 0.2) is 24.3 Å². The number of hydrogen-bond donors (Lipinski definition) is 1. The van der Waals surface area contributed by atoms with Crippen molar-refractivity contribution in [2.45, 2.75) is 27.4 Å². The lowest BCUT2D eigenvalue weighted by molar-refractivity contribution is 0.292. The maximum atomic E-state index is 13.2. The number of rotatable bonds is 5. The predicted octanol–water partition coefficient (Wildman–Crippen LogP) is 3.24. The highest BCUT2D eigenvalue weighted by atomic mass is 19.1. The van der Waals surface area contributed by atoms with Crippen LogP contribution < -0.4 is 10.1 Å². The summed E-state index contributed by atoms with van der Waals surface area (Å²) in [6.07, 6.45) is 0. The highest BCUT2D eigenvalue weighted by Gasteiger charge is 2.05. The molecule has 2 rings (SSSR count). The number of benzene rings is 1. The highest BCUT2D eigenvalue weighted by Crippen LogP contribution is 2.19. The van der Waals surface area contributed by atoms with Crippen molar-refractivity contribution in [3.63, 3.8) is 0 Å². The van der Waals surface area contributed by atoms with Crippen LogP contribution in [0.1, 0.15) is 24.0 Å². The highest BCUT2D eigenvalue weighted by molar-refractivity contribution is 5.36. The number of hydrogen-bond acceptors (Lipinski definition) is 4. The molecule has 0 fully saturated rings. The van der Waals surface area contributed by atoms with Gasteiger partial charge in [-0.15, -0.1) is 0 Å². The summed E-state index contributed by atoms with van der Waals surface area (Å²) in [5.74, 6) is 1.54. The summed E-state index contributed by atoms with van der Waals surface area (Å²) in [7, 11) is 0. The Morgan fingerprint density at radius 3 is 2.75 bits per heavy atom. The molecule has 0 saturated heterocycles. The average Bonchev–Trinajstić information content (AvgIpc) is 2.40. The third kappa shape index (κ3) is 3.66. The van der Waals surface area contributed by atoms with Gasteiger partial charge in [-0.25, -0.2) is 14.4 Å². The van der Waals surface area contributed by atoms with E-state index < -0.39 is 0 Å². The second-order valence-corrected chi connectivity index (χ2v) is 4.54. The van der Waals surface area contributed by atoms with Crippen molar-refractivity contribution in [3.05, 3.63) is 47.2 Å². The first-order valence-electron chi connectivity index (χ1n) is 6.56. The first-order valence-corrected chi connectivity index (χ1v) is 6.56. The Labute approximate surface area is 118 Å². The van der Waals surface area contributed by atoms with Crippen molar-refractivity contribution in [1.82, 2.24) is 9.97 Å². The van der Waals surface area contributed by atoms with E-state index in [4.69, 9.17) is 4.74 Å². The average molecular weight is 275 g/mol. The lowest BCUT2D eigenvalue weighted by atomic mass is 10.2. The lowest BCUT2D eigenvalue weighted by Gasteiger charge is -2.10. The normalized spacial score (nSPS) is 10.4. The fraction of sp³-hybridized carbons (Fsp3) is 0.333. The molecule has 5 heteroatoms. The zero-order chi connectivity index (χ0) is 14.5. The SMILES string of the molecule is CCNc1cc(C)nc(COc2cc(F)ccc2C)n1. The minimum Gasteiger partial charge on any atom is -0.485 e. The summed E-state index contributed by atoms with van der Waals surface area (Å²) in [6.45, 7) is 6.78. The first-order chi connectivity index (χ1) is 9.58. The van der Waals surface area contributed by atoms with Gasteiger partial charge >= 0.3 is 0 Å². The fourth-order valence-electron chi connectivity index (χ4n) is 1.84. The molecule has 0 unspecified atom stereocenters. The Balaban J connectivity index is 2.12. The van der Waals surface area contributed by atoms with Crippen molar-refractivity contribution in [2.75, 3.05) is 11.9 Å². The van der Waals surface area contributed by atoms with Crippen molar-refractivity contribution in [3.8, 4) is 5.75 Å². The molecule has 1 aromatic heterocycles. The van der Waals surface area contributed by atoms with Gasteiger partial charge in [0.2, 0.25) is 0 Å². The number of anilines is 1. The summed E-state index contributed by atoms with van der Waals surface area (Å²) in [5, 5.41) is 3.14. The minimum atomic E-state index is -0.316. The summed E-state index contributed by atoms with van der Waals surface area (Å²) in [5.41, 5.74) is 1.75. The number of halogens is 1. The summed E-state index contributed by atoms with van der Waals surface area (Å²) in [4.78, 5) is 8.66. The Kier molecular flexibility index (Phi) is 4.50. The molecule has 1 aromatic carbocycles. The van der Waals surface area contributed by atoms with Crippen LogP contribution in [0.5, 0.6) is 5.75 Å². The Morgan fingerprint density at radius 1 is 1.20 bits per heavy atom. The van der Waals surface area contributed by atoms with Crippen molar-refractivity contribution in [2.24, 2.45) is 0 Å². The molecule has 0 saturated carbocycles. The largest absolute Gasteiger partial charge is 0.485 e. The maximum absolute atomic E-state index is 13.2. The number of ether oxygens (including phenoxy) is 1. The molecular weight excluding hydrogens is 257 g/mol. The third-order valence-corrected chi connectivity index (χ3v) is 2.77. The molecule has 106 valence electrons. The number of nitrogens with one attached hydrogen (secondary N) is 1. The minimum absolute atomic E-state index is 0.213. The standard InChI is InChI=1S/C15H18FN3O/c1-4-17-14-7-11(3)18-15(19-14)9-20-13-8-12(16)6-5-10(13)2/h5-8H,4,9H2,1-3H3,(H,17,18,19). The van der Waals surface area contributed by atoms with E-state index in [1.165, 1.54) is 12.1 Å². The van der Waals surface area contributed by atoms with Gasteiger partial charge in [-0.3, -0.25) is 0 Å². The molecule has 20 heavy (non-hydrogen) atoms. The van der Waals surface area contributed by atoms with Crippen LogP contribution in [-0.2, 0) is 6.61 Å². The number of nitrogens with zero attached hydrogens (tertiary/aromatic N) is 2. The van der Waals surface area contributed by atoms with E-state index in [0.29, 0.717) is 11.6 Å². The van der Waals surface area contributed by atoms with Crippen LogP contribution in [0, 0.1) is 19.7 Å². The van der Waals surface area contributed by atoms with Gasteiger partial charge in [0.15, 0.2) is 5.82 Å².